The molecule has 0 saturated carbocycles. The van der Waals surface area contributed by atoms with Gasteiger partial charge in [-0.2, -0.15) is 0 Å². The number of carboxylic acid groups (broad SMARTS) is 1. The van der Waals surface area contributed by atoms with Crippen molar-refractivity contribution in [2.24, 2.45) is 5.92 Å². The Labute approximate surface area is 106 Å². The fourth-order valence-corrected chi connectivity index (χ4v) is 1.05. The summed E-state index contributed by atoms with van der Waals surface area (Å²) >= 11 is 0. The highest BCUT2D eigenvalue weighted by Gasteiger charge is 2.13. The Morgan fingerprint density at radius 1 is 1.17 bits per heavy atom. The Bertz CT molecular complexity index is 302. The van der Waals surface area contributed by atoms with Gasteiger partial charge in [0.1, 0.15) is 19.8 Å². The molecule has 7 nitrogen and oxygen atoms in total. The average molecular weight is 261 g/mol. The Morgan fingerprint density at radius 2 is 1.72 bits per heavy atom. The van der Waals surface area contributed by atoms with E-state index < -0.39 is 18.6 Å². The highest BCUT2D eigenvalue weighted by molar-refractivity contribution is 5.76. The summed E-state index contributed by atoms with van der Waals surface area (Å²) in [6.07, 6.45) is -0.454. The average Bonchev–Trinajstić information content (AvgIpc) is 2.21. The first-order chi connectivity index (χ1) is 8.32. The van der Waals surface area contributed by atoms with E-state index in [1.807, 2.05) is 13.8 Å². The monoisotopic (exact) mass is 261 g/mol. The summed E-state index contributed by atoms with van der Waals surface area (Å²) in [6.45, 7) is 3.22. The molecule has 0 aromatic rings. The standard InChI is InChI=1S/C11H19NO6/c1-8(2)6-10(15)17-4-5-18-11(16)12(3)7-9(13)14/h8H,4-7H2,1-3H3,(H,13,14). The van der Waals surface area contributed by atoms with Gasteiger partial charge in [0, 0.05) is 13.5 Å². The smallest absolute Gasteiger partial charge is 0.410 e. The van der Waals surface area contributed by atoms with Gasteiger partial charge in [0.05, 0.1) is 0 Å². The summed E-state index contributed by atoms with van der Waals surface area (Å²) in [5.41, 5.74) is 0. The first-order valence-electron chi connectivity index (χ1n) is 5.58. The van der Waals surface area contributed by atoms with Crippen molar-refractivity contribution >= 4 is 18.0 Å². The van der Waals surface area contributed by atoms with E-state index in [1.54, 1.807) is 0 Å². The van der Waals surface area contributed by atoms with Crippen LogP contribution in [0.2, 0.25) is 0 Å². The predicted molar refractivity (Wildman–Crippen MR) is 62.0 cm³/mol. The molecule has 0 aromatic heterocycles. The molecule has 18 heavy (non-hydrogen) atoms. The molecule has 0 bridgehead atoms. The van der Waals surface area contributed by atoms with E-state index in [0.29, 0.717) is 6.42 Å². The minimum atomic E-state index is -1.13. The summed E-state index contributed by atoms with van der Waals surface area (Å²) < 4.78 is 9.52. The molecule has 0 aliphatic heterocycles. The van der Waals surface area contributed by atoms with Gasteiger partial charge in [-0.1, -0.05) is 13.8 Å². The van der Waals surface area contributed by atoms with Crippen molar-refractivity contribution in [3.05, 3.63) is 0 Å². The van der Waals surface area contributed by atoms with Gasteiger partial charge in [0.25, 0.3) is 0 Å². The van der Waals surface area contributed by atoms with Crippen LogP contribution in [0.4, 0.5) is 4.79 Å². The number of carbonyl (C=O) groups is 3. The fraction of sp³-hybridized carbons (Fsp3) is 0.727. The zero-order valence-electron chi connectivity index (χ0n) is 10.8. The van der Waals surface area contributed by atoms with Gasteiger partial charge in [-0.25, -0.2) is 4.79 Å². The molecule has 0 heterocycles. The number of rotatable bonds is 7. The number of nitrogens with zero attached hydrogens (tertiary/aromatic N) is 1. The van der Waals surface area contributed by atoms with Gasteiger partial charge in [-0.3, -0.25) is 9.59 Å². The van der Waals surface area contributed by atoms with E-state index in [0.717, 1.165) is 4.90 Å². The van der Waals surface area contributed by atoms with Gasteiger partial charge in [-0.15, -0.1) is 0 Å². The second-order valence-electron chi connectivity index (χ2n) is 4.18. The topological polar surface area (TPSA) is 93.1 Å². The number of hydrogen-bond donors (Lipinski definition) is 1. The zero-order valence-corrected chi connectivity index (χ0v) is 10.8. The summed E-state index contributed by atoms with van der Waals surface area (Å²) in [5.74, 6) is -1.26. The molecule has 1 amide bonds. The molecule has 0 aliphatic rings. The second-order valence-corrected chi connectivity index (χ2v) is 4.18. The summed E-state index contributed by atoms with van der Waals surface area (Å²) in [5, 5.41) is 8.44. The lowest BCUT2D eigenvalue weighted by Crippen LogP contribution is -2.33. The maximum atomic E-state index is 11.2. The normalized spacial score (nSPS) is 10.0. The molecule has 0 fully saturated rings. The van der Waals surface area contributed by atoms with E-state index in [4.69, 9.17) is 14.6 Å². The largest absolute Gasteiger partial charge is 0.480 e. The third-order valence-corrected chi connectivity index (χ3v) is 1.83. The number of ether oxygens (including phenoxy) is 2. The van der Waals surface area contributed by atoms with E-state index >= 15 is 0 Å². The Kier molecular flexibility index (Phi) is 7.50. The number of carbonyl (C=O) groups excluding carboxylic acids is 2. The van der Waals surface area contributed by atoms with Crippen LogP contribution in [0.3, 0.4) is 0 Å². The van der Waals surface area contributed by atoms with E-state index in [-0.39, 0.29) is 25.1 Å². The SMILES string of the molecule is CC(C)CC(=O)OCCOC(=O)N(C)CC(=O)O. The van der Waals surface area contributed by atoms with E-state index in [9.17, 15) is 14.4 Å². The number of likely N-dealkylation sites (N-methyl/N-ethyl adjacent to an activating group) is 1. The molecular formula is C11H19NO6. The molecule has 0 saturated heterocycles. The zero-order chi connectivity index (χ0) is 14.1. The van der Waals surface area contributed by atoms with Gasteiger partial charge < -0.3 is 19.5 Å². The quantitative estimate of drug-likeness (QED) is 0.536. The molecule has 0 aliphatic carbocycles. The number of hydrogen-bond acceptors (Lipinski definition) is 5. The van der Waals surface area contributed by atoms with Crippen LogP contribution >= 0.6 is 0 Å². The van der Waals surface area contributed by atoms with E-state index in [2.05, 4.69) is 0 Å². The van der Waals surface area contributed by atoms with Gasteiger partial charge in [0.2, 0.25) is 0 Å². The molecule has 104 valence electrons. The lowest BCUT2D eigenvalue weighted by atomic mass is 10.1. The third kappa shape index (κ3) is 8.37. The fourth-order valence-electron chi connectivity index (χ4n) is 1.05. The highest BCUT2D eigenvalue weighted by Crippen LogP contribution is 2.00. The minimum Gasteiger partial charge on any atom is -0.480 e. The summed E-state index contributed by atoms with van der Waals surface area (Å²) in [7, 11) is 1.31. The van der Waals surface area contributed by atoms with Crippen LogP contribution in [0.15, 0.2) is 0 Å². The van der Waals surface area contributed by atoms with Crippen molar-refractivity contribution in [3.63, 3.8) is 0 Å². The number of carboxylic acids is 1. The Morgan fingerprint density at radius 3 is 2.22 bits per heavy atom. The van der Waals surface area contributed by atoms with Crippen LogP contribution < -0.4 is 0 Å². The van der Waals surface area contributed by atoms with Gasteiger partial charge in [-0.05, 0) is 5.92 Å². The van der Waals surface area contributed by atoms with Crippen molar-refractivity contribution < 1.29 is 29.0 Å². The molecule has 7 heteroatoms. The summed E-state index contributed by atoms with van der Waals surface area (Å²) in [4.78, 5) is 33.6. The van der Waals surface area contributed by atoms with Crippen molar-refractivity contribution in [3.8, 4) is 0 Å². The van der Waals surface area contributed by atoms with Crippen molar-refractivity contribution in [1.29, 1.82) is 0 Å². The Balaban J connectivity index is 3.68. The first kappa shape index (κ1) is 16.2. The number of aliphatic carboxylic acids is 1. The maximum absolute atomic E-state index is 11.2. The van der Waals surface area contributed by atoms with Crippen molar-refractivity contribution in [1.82, 2.24) is 4.90 Å². The molecule has 0 spiro atoms. The second kappa shape index (κ2) is 8.32. The van der Waals surface area contributed by atoms with Crippen LogP contribution in [-0.2, 0) is 19.1 Å². The molecule has 1 N–H and O–H groups in total. The third-order valence-electron chi connectivity index (χ3n) is 1.83. The first-order valence-corrected chi connectivity index (χ1v) is 5.58. The lowest BCUT2D eigenvalue weighted by Gasteiger charge is -2.14. The molecule has 0 atom stereocenters. The number of esters is 1. The highest BCUT2D eigenvalue weighted by atomic mass is 16.6. The maximum Gasteiger partial charge on any atom is 0.410 e. The molecular weight excluding hydrogens is 242 g/mol. The lowest BCUT2D eigenvalue weighted by molar-refractivity contribution is -0.145. The van der Waals surface area contributed by atoms with Gasteiger partial charge in [0.15, 0.2) is 0 Å². The molecule has 0 radical (unpaired) electrons. The molecule has 0 aromatic carbocycles. The summed E-state index contributed by atoms with van der Waals surface area (Å²) in [6, 6.07) is 0. The predicted octanol–water partition coefficient (Wildman–Crippen LogP) is 0.729. The van der Waals surface area contributed by atoms with Crippen LogP contribution in [0.25, 0.3) is 0 Å². The number of amides is 1. The minimum absolute atomic E-state index is 0.0296. The van der Waals surface area contributed by atoms with Crippen LogP contribution in [0.1, 0.15) is 20.3 Å². The van der Waals surface area contributed by atoms with E-state index in [1.165, 1.54) is 7.05 Å². The van der Waals surface area contributed by atoms with Crippen LogP contribution in [0.5, 0.6) is 0 Å². The van der Waals surface area contributed by atoms with Crippen molar-refractivity contribution in [2.75, 3.05) is 26.8 Å². The van der Waals surface area contributed by atoms with Gasteiger partial charge >= 0.3 is 18.0 Å². The molecule has 0 unspecified atom stereocenters. The van der Waals surface area contributed by atoms with Crippen LogP contribution in [0, 0.1) is 5.92 Å². The van der Waals surface area contributed by atoms with Crippen LogP contribution in [-0.4, -0.2) is 54.8 Å². The van der Waals surface area contributed by atoms with Crippen molar-refractivity contribution in [2.45, 2.75) is 20.3 Å². The Hall–Kier alpha value is -1.79. The molecule has 0 rings (SSSR count).